The fourth-order valence-corrected chi connectivity index (χ4v) is 4.21. The van der Waals surface area contributed by atoms with Crippen LogP contribution < -0.4 is 10.6 Å². The normalized spacial score (nSPS) is 14.0. The number of hydrogen-bond acceptors (Lipinski definition) is 3. The van der Waals surface area contributed by atoms with Crippen LogP contribution in [0.4, 0.5) is 11.4 Å². The van der Waals surface area contributed by atoms with Crippen LogP contribution in [0.5, 0.6) is 0 Å². The summed E-state index contributed by atoms with van der Waals surface area (Å²) in [5.41, 5.74) is 2.26. The van der Waals surface area contributed by atoms with Crippen molar-refractivity contribution >= 4 is 46.6 Å². The van der Waals surface area contributed by atoms with Gasteiger partial charge in [0.15, 0.2) is 0 Å². The van der Waals surface area contributed by atoms with Gasteiger partial charge in [-0.15, -0.1) is 11.8 Å². The van der Waals surface area contributed by atoms with Crippen molar-refractivity contribution in [2.24, 2.45) is 5.92 Å². The van der Waals surface area contributed by atoms with E-state index in [1.807, 2.05) is 66.7 Å². The summed E-state index contributed by atoms with van der Waals surface area (Å²) in [6, 6.07) is 24.4. The Kier molecular flexibility index (Phi) is 6.41. The van der Waals surface area contributed by atoms with Crippen LogP contribution >= 0.6 is 23.4 Å². The Morgan fingerprint density at radius 3 is 2.20 bits per heavy atom. The lowest BCUT2D eigenvalue weighted by Gasteiger charge is -2.18. The third kappa shape index (κ3) is 5.23. The number of rotatable bonds is 7. The Labute approximate surface area is 185 Å². The summed E-state index contributed by atoms with van der Waals surface area (Å²) < 4.78 is 0. The monoisotopic (exact) mass is 436 g/mol. The summed E-state index contributed by atoms with van der Waals surface area (Å²) in [4.78, 5) is 26.0. The van der Waals surface area contributed by atoms with Gasteiger partial charge in [-0.05, 0) is 54.8 Å². The molecule has 4 rings (SSSR count). The molecule has 0 heterocycles. The number of amides is 2. The molecule has 3 aromatic rings. The maximum atomic E-state index is 13.1. The van der Waals surface area contributed by atoms with Crippen LogP contribution in [-0.2, 0) is 9.59 Å². The summed E-state index contributed by atoms with van der Waals surface area (Å²) in [5.74, 6) is 0.0946. The molecule has 0 bridgehead atoms. The number of benzene rings is 3. The lowest BCUT2D eigenvalue weighted by molar-refractivity contribution is -0.117. The second-order valence-corrected chi connectivity index (χ2v) is 8.75. The largest absolute Gasteiger partial charge is 0.326 e. The van der Waals surface area contributed by atoms with Gasteiger partial charge in [0.2, 0.25) is 11.8 Å². The first-order chi connectivity index (χ1) is 14.6. The zero-order valence-electron chi connectivity index (χ0n) is 16.2. The van der Waals surface area contributed by atoms with E-state index in [-0.39, 0.29) is 17.7 Å². The molecular weight excluding hydrogens is 416 g/mol. The second kappa shape index (κ2) is 9.37. The van der Waals surface area contributed by atoms with Crippen LogP contribution in [0.15, 0.2) is 83.8 Å². The predicted molar refractivity (Wildman–Crippen MR) is 123 cm³/mol. The molecule has 6 heteroatoms. The molecule has 1 unspecified atom stereocenters. The van der Waals surface area contributed by atoms with E-state index < -0.39 is 5.25 Å². The number of nitrogens with one attached hydrogen (secondary N) is 2. The number of carbonyl (C=O) groups excluding carboxylic acids is 2. The Morgan fingerprint density at radius 2 is 1.53 bits per heavy atom. The van der Waals surface area contributed by atoms with Crippen LogP contribution in [0.1, 0.15) is 23.7 Å². The summed E-state index contributed by atoms with van der Waals surface area (Å²) in [5, 5.41) is 5.92. The zero-order chi connectivity index (χ0) is 20.9. The Hall–Kier alpha value is -2.76. The molecule has 2 amide bonds. The average Bonchev–Trinajstić information content (AvgIpc) is 3.61. The highest BCUT2D eigenvalue weighted by Gasteiger charge is 2.29. The molecule has 1 atom stereocenters. The summed E-state index contributed by atoms with van der Waals surface area (Å²) in [7, 11) is 0. The fourth-order valence-electron chi connectivity index (χ4n) is 3.00. The first-order valence-corrected chi connectivity index (χ1v) is 11.0. The third-order valence-corrected chi connectivity index (χ3v) is 6.39. The first kappa shape index (κ1) is 20.5. The summed E-state index contributed by atoms with van der Waals surface area (Å²) in [6.45, 7) is 0. The number of hydrogen-bond donors (Lipinski definition) is 2. The van der Waals surface area contributed by atoms with E-state index in [1.54, 1.807) is 12.1 Å². The molecule has 30 heavy (non-hydrogen) atoms. The smallest absolute Gasteiger partial charge is 0.242 e. The molecule has 1 fully saturated rings. The van der Waals surface area contributed by atoms with Crippen molar-refractivity contribution < 1.29 is 9.59 Å². The average molecular weight is 437 g/mol. The summed E-state index contributed by atoms with van der Waals surface area (Å²) in [6.07, 6.45) is 1.94. The highest BCUT2D eigenvalue weighted by Crippen LogP contribution is 2.37. The Balaban J connectivity index is 1.50. The molecule has 1 saturated carbocycles. The Bertz CT molecular complexity index is 1040. The zero-order valence-corrected chi connectivity index (χ0v) is 17.7. The van der Waals surface area contributed by atoms with Crippen molar-refractivity contribution in [3.8, 4) is 0 Å². The lowest BCUT2D eigenvalue weighted by Crippen LogP contribution is -2.19. The van der Waals surface area contributed by atoms with Gasteiger partial charge in [0.05, 0.1) is 10.7 Å². The molecule has 0 radical (unpaired) electrons. The van der Waals surface area contributed by atoms with Crippen molar-refractivity contribution in [3.05, 3.63) is 89.4 Å². The van der Waals surface area contributed by atoms with Gasteiger partial charge in [0.25, 0.3) is 0 Å². The minimum absolute atomic E-state index is 0.0803. The fraction of sp³-hybridized carbons (Fsp3) is 0.167. The van der Waals surface area contributed by atoms with Crippen LogP contribution in [0, 0.1) is 5.92 Å². The van der Waals surface area contributed by atoms with Crippen molar-refractivity contribution in [2.45, 2.75) is 23.0 Å². The van der Waals surface area contributed by atoms with E-state index in [9.17, 15) is 9.59 Å². The van der Waals surface area contributed by atoms with E-state index in [0.29, 0.717) is 10.7 Å². The van der Waals surface area contributed by atoms with E-state index in [0.717, 1.165) is 29.0 Å². The number of carbonyl (C=O) groups is 2. The molecule has 3 aromatic carbocycles. The van der Waals surface area contributed by atoms with Crippen LogP contribution in [0.3, 0.4) is 0 Å². The van der Waals surface area contributed by atoms with Gasteiger partial charge >= 0.3 is 0 Å². The highest BCUT2D eigenvalue weighted by atomic mass is 35.5. The maximum Gasteiger partial charge on any atom is 0.242 e. The number of para-hydroxylation sites is 1. The van der Waals surface area contributed by atoms with E-state index in [4.69, 9.17) is 11.6 Å². The molecule has 1 aliphatic rings. The van der Waals surface area contributed by atoms with E-state index >= 15 is 0 Å². The molecule has 2 N–H and O–H groups in total. The van der Waals surface area contributed by atoms with E-state index in [1.165, 1.54) is 11.8 Å². The molecule has 0 aliphatic heterocycles. The molecule has 0 spiro atoms. The van der Waals surface area contributed by atoms with Crippen molar-refractivity contribution in [3.63, 3.8) is 0 Å². The van der Waals surface area contributed by atoms with Crippen molar-refractivity contribution in [1.29, 1.82) is 0 Å². The third-order valence-electron chi connectivity index (χ3n) is 4.80. The molecule has 152 valence electrons. The van der Waals surface area contributed by atoms with Gasteiger partial charge in [-0.2, -0.15) is 0 Å². The van der Waals surface area contributed by atoms with Gasteiger partial charge in [-0.25, -0.2) is 0 Å². The molecule has 0 saturated heterocycles. The minimum atomic E-state index is -0.450. The van der Waals surface area contributed by atoms with Crippen LogP contribution in [0.2, 0.25) is 5.02 Å². The first-order valence-electron chi connectivity index (χ1n) is 9.78. The SMILES string of the molecule is O=C(Nc1ccc(SC(C(=O)Nc2ccccc2Cl)c2ccccc2)cc1)C1CC1. The van der Waals surface area contributed by atoms with Gasteiger partial charge in [-0.1, -0.05) is 54.1 Å². The van der Waals surface area contributed by atoms with Crippen LogP contribution in [-0.4, -0.2) is 11.8 Å². The molecule has 1 aliphatic carbocycles. The highest BCUT2D eigenvalue weighted by molar-refractivity contribution is 8.00. The van der Waals surface area contributed by atoms with Gasteiger partial charge in [-0.3, -0.25) is 9.59 Å². The number of thioether (sulfide) groups is 1. The van der Waals surface area contributed by atoms with Gasteiger partial charge in [0, 0.05) is 16.5 Å². The van der Waals surface area contributed by atoms with Crippen LogP contribution in [0.25, 0.3) is 0 Å². The lowest BCUT2D eigenvalue weighted by atomic mass is 10.1. The second-order valence-electron chi connectivity index (χ2n) is 7.17. The number of anilines is 2. The van der Waals surface area contributed by atoms with E-state index in [2.05, 4.69) is 10.6 Å². The molecule has 4 nitrogen and oxygen atoms in total. The quantitative estimate of drug-likeness (QED) is 0.436. The molecule has 0 aromatic heterocycles. The topological polar surface area (TPSA) is 58.2 Å². The summed E-state index contributed by atoms with van der Waals surface area (Å²) >= 11 is 7.66. The number of halogens is 1. The predicted octanol–water partition coefficient (Wildman–Crippen LogP) is 6.16. The van der Waals surface area contributed by atoms with Gasteiger partial charge < -0.3 is 10.6 Å². The maximum absolute atomic E-state index is 13.1. The van der Waals surface area contributed by atoms with Crippen molar-refractivity contribution in [2.75, 3.05) is 10.6 Å². The van der Waals surface area contributed by atoms with Crippen molar-refractivity contribution in [1.82, 2.24) is 0 Å². The standard InChI is InChI=1S/C24H21ClN2O2S/c25-20-8-4-5-9-21(20)27-24(29)22(16-6-2-1-3-7-16)30-19-14-12-18(13-15-19)26-23(28)17-10-11-17/h1-9,12-15,17,22H,10-11H2,(H,26,28)(H,27,29). The van der Waals surface area contributed by atoms with Gasteiger partial charge in [0.1, 0.15) is 5.25 Å². The Morgan fingerprint density at radius 1 is 0.867 bits per heavy atom. The minimum Gasteiger partial charge on any atom is -0.326 e. The molecular formula is C24H21ClN2O2S.